The molecule has 1 fully saturated rings. The number of hydrogen-bond acceptors (Lipinski definition) is 7. The number of amides is 1. The van der Waals surface area contributed by atoms with Crippen molar-refractivity contribution in [2.75, 3.05) is 25.0 Å². The number of rotatable bonds is 4. The van der Waals surface area contributed by atoms with Gasteiger partial charge in [-0.15, -0.1) is 0 Å². The fraction of sp³-hybridized carbons (Fsp3) is 0.522. The van der Waals surface area contributed by atoms with E-state index in [1.807, 2.05) is 49.4 Å². The van der Waals surface area contributed by atoms with Gasteiger partial charge in [-0.2, -0.15) is 9.61 Å². The summed E-state index contributed by atoms with van der Waals surface area (Å²) in [6, 6.07) is 5.86. The van der Waals surface area contributed by atoms with Gasteiger partial charge in [-0.05, 0) is 69.8 Å². The second-order valence-electron chi connectivity index (χ2n) is 9.25. The van der Waals surface area contributed by atoms with E-state index in [-0.39, 0.29) is 17.3 Å². The van der Waals surface area contributed by atoms with E-state index < -0.39 is 5.60 Å². The Labute approximate surface area is 198 Å². The highest BCUT2D eigenvalue weighted by molar-refractivity contribution is 6.28. The predicted octanol–water partition coefficient (Wildman–Crippen LogP) is 4.62. The molecule has 0 aliphatic carbocycles. The van der Waals surface area contributed by atoms with Crippen molar-refractivity contribution in [2.45, 2.75) is 58.5 Å². The Bertz CT molecular complexity index is 1150. The molecule has 0 bridgehead atoms. The molecule has 9 nitrogen and oxygen atoms in total. The molecule has 1 saturated heterocycles. The summed E-state index contributed by atoms with van der Waals surface area (Å²) in [7, 11) is 1.93. The molecular weight excluding hydrogens is 442 g/mol. The highest BCUT2D eigenvalue weighted by atomic mass is 35.5. The van der Waals surface area contributed by atoms with Crippen molar-refractivity contribution in [3.8, 4) is 0 Å². The summed E-state index contributed by atoms with van der Waals surface area (Å²) in [6.45, 7) is 9.02. The summed E-state index contributed by atoms with van der Waals surface area (Å²) < 4.78 is 7.40. The summed E-state index contributed by atoms with van der Waals surface area (Å²) in [5, 5.41) is 5.16. The zero-order valence-corrected chi connectivity index (χ0v) is 20.5. The molecule has 1 aliphatic rings. The molecule has 3 aromatic rings. The Morgan fingerprint density at radius 2 is 1.94 bits per heavy atom. The van der Waals surface area contributed by atoms with Crippen LogP contribution in [-0.4, -0.2) is 61.3 Å². The molecular formula is C23H30ClN7O2. The Kier molecular flexibility index (Phi) is 6.43. The zero-order chi connectivity index (χ0) is 23.8. The summed E-state index contributed by atoms with van der Waals surface area (Å²) in [5.41, 5.74) is 2.21. The molecule has 0 N–H and O–H groups in total. The molecule has 4 heterocycles. The lowest BCUT2D eigenvalue weighted by atomic mass is 9.93. The number of aryl methyl sites for hydroxylation is 1. The lowest BCUT2D eigenvalue weighted by Crippen LogP contribution is -2.41. The largest absolute Gasteiger partial charge is 0.444 e. The van der Waals surface area contributed by atoms with Gasteiger partial charge in [-0.1, -0.05) is 6.92 Å². The molecule has 0 saturated carbocycles. The van der Waals surface area contributed by atoms with Gasteiger partial charge in [0, 0.05) is 32.3 Å². The highest BCUT2D eigenvalue weighted by Crippen LogP contribution is 2.31. The second kappa shape index (κ2) is 9.13. The van der Waals surface area contributed by atoms with E-state index in [1.54, 1.807) is 17.2 Å². The van der Waals surface area contributed by atoms with Crippen LogP contribution in [0.5, 0.6) is 0 Å². The molecule has 0 atom stereocenters. The third kappa shape index (κ3) is 5.03. The van der Waals surface area contributed by atoms with E-state index in [1.165, 1.54) is 0 Å². The van der Waals surface area contributed by atoms with E-state index in [2.05, 4.69) is 16.9 Å². The number of fused-ring (bicyclic) bond motifs is 1. The average Bonchev–Trinajstić information content (AvgIpc) is 3.15. The molecule has 0 unspecified atom stereocenters. The summed E-state index contributed by atoms with van der Waals surface area (Å²) in [5.74, 6) is 1.78. The number of likely N-dealkylation sites (tertiary alicyclic amines) is 1. The van der Waals surface area contributed by atoms with Crippen LogP contribution < -0.4 is 4.90 Å². The van der Waals surface area contributed by atoms with Crippen LogP contribution in [0, 0.1) is 0 Å². The van der Waals surface area contributed by atoms with Crippen molar-refractivity contribution < 1.29 is 9.53 Å². The Balaban J connectivity index is 1.58. The minimum absolute atomic E-state index is 0.191. The van der Waals surface area contributed by atoms with Crippen LogP contribution in [0.1, 0.15) is 57.8 Å². The number of nitrogens with zero attached hydrogens (tertiary/aromatic N) is 7. The average molecular weight is 472 g/mol. The Hall–Kier alpha value is -2.94. The minimum Gasteiger partial charge on any atom is -0.444 e. The fourth-order valence-corrected chi connectivity index (χ4v) is 4.22. The van der Waals surface area contributed by atoms with E-state index >= 15 is 0 Å². The van der Waals surface area contributed by atoms with Crippen LogP contribution in [0.25, 0.3) is 5.65 Å². The van der Waals surface area contributed by atoms with Crippen molar-refractivity contribution >= 4 is 35.0 Å². The van der Waals surface area contributed by atoms with Gasteiger partial charge in [0.15, 0.2) is 11.5 Å². The van der Waals surface area contributed by atoms with Crippen molar-refractivity contribution in [1.29, 1.82) is 0 Å². The summed E-state index contributed by atoms with van der Waals surface area (Å²) in [6.07, 6.45) is 3.80. The van der Waals surface area contributed by atoms with Gasteiger partial charge in [0.1, 0.15) is 11.4 Å². The predicted molar refractivity (Wildman–Crippen MR) is 127 cm³/mol. The molecule has 33 heavy (non-hydrogen) atoms. The van der Waals surface area contributed by atoms with Crippen LogP contribution in [0.3, 0.4) is 0 Å². The number of halogens is 1. The second-order valence-corrected chi connectivity index (χ2v) is 9.59. The number of piperidine rings is 1. The van der Waals surface area contributed by atoms with Gasteiger partial charge in [0.05, 0.1) is 11.4 Å². The number of hydrogen-bond donors (Lipinski definition) is 0. The lowest BCUT2D eigenvalue weighted by Gasteiger charge is -2.33. The van der Waals surface area contributed by atoms with Crippen molar-refractivity contribution in [1.82, 2.24) is 29.5 Å². The third-order valence-electron chi connectivity index (χ3n) is 5.72. The number of aromatic nitrogens is 5. The molecule has 10 heteroatoms. The molecule has 176 valence electrons. The Morgan fingerprint density at radius 3 is 2.58 bits per heavy atom. The molecule has 3 aromatic heterocycles. The molecule has 1 aliphatic heterocycles. The quantitative estimate of drug-likeness (QED) is 0.513. The number of carbonyl (C=O) groups excluding carboxylic acids is 1. The summed E-state index contributed by atoms with van der Waals surface area (Å²) >= 11 is 6.01. The van der Waals surface area contributed by atoms with Crippen molar-refractivity contribution in [2.24, 2.45) is 0 Å². The van der Waals surface area contributed by atoms with Crippen LogP contribution in [0.2, 0.25) is 5.28 Å². The smallest absolute Gasteiger partial charge is 0.410 e. The number of carbonyl (C=O) groups is 1. The van der Waals surface area contributed by atoms with Crippen LogP contribution >= 0.6 is 11.6 Å². The normalized spacial score (nSPS) is 15.2. The first-order valence-corrected chi connectivity index (χ1v) is 11.6. The maximum atomic E-state index is 12.4. The molecule has 0 spiro atoms. The lowest BCUT2D eigenvalue weighted by molar-refractivity contribution is 0.0204. The number of imidazole rings is 1. The number of ether oxygens (including phenoxy) is 1. The molecule has 1 amide bonds. The van der Waals surface area contributed by atoms with Gasteiger partial charge in [-0.25, -0.2) is 19.7 Å². The fourth-order valence-electron chi connectivity index (χ4n) is 4.08. The first-order valence-electron chi connectivity index (χ1n) is 11.2. The monoisotopic (exact) mass is 471 g/mol. The standard InChI is InChI=1S/C23H30ClN7O2/c1-6-16-20(29(5)18-9-12-25-21(24)27-18)31-19(26-16)8-7-17(28-31)15-10-13-30(14-11-15)22(32)33-23(2,3)4/h7-9,12,15H,6,10-11,13-14H2,1-5H3. The van der Waals surface area contributed by atoms with Crippen molar-refractivity contribution in [3.05, 3.63) is 41.1 Å². The molecule has 0 radical (unpaired) electrons. The van der Waals surface area contributed by atoms with Crippen LogP contribution in [0.15, 0.2) is 24.4 Å². The van der Waals surface area contributed by atoms with E-state index in [9.17, 15) is 4.79 Å². The molecule has 0 aromatic carbocycles. The van der Waals surface area contributed by atoms with E-state index in [0.29, 0.717) is 18.9 Å². The number of anilines is 2. The minimum atomic E-state index is -0.491. The van der Waals surface area contributed by atoms with Crippen LogP contribution in [0.4, 0.5) is 16.4 Å². The zero-order valence-electron chi connectivity index (χ0n) is 19.7. The van der Waals surface area contributed by atoms with E-state index in [0.717, 1.165) is 42.1 Å². The topological polar surface area (TPSA) is 88.8 Å². The van der Waals surface area contributed by atoms with Gasteiger partial charge in [0.25, 0.3) is 0 Å². The SMILES string of the molecule is CCc1nc2ccc(C3CCN(C(=O)OC(C)(C)C)CC3)nn2c1N(C)c1ccnc(Cl)n1. The van der Waals surface area contributed by atoms with Crippen LogP contribution in [-0.2, 0) is 11.2 Å². The first-order chi connectivity index (χ1) is 15.7. The van der Waals surface area contributed by atoms with Crippen molar-refractivity contribution in [3.63, 3.8) is 0 Å². The van der Waals surface area contributed by atoms with Gasteiger partial charge >= 0.3 is 6.09 Å². The maximum absolute atomic E-state index is 12.4. The first kappa shape index (κ1) is 23.2. The highest BCUT2D eigenvalue weighted by Gasteiger charge is 2.29. The molecule has 4 rings (SSSR count). The van der Waals surface area contributed by atoms with E-state index in [4.69, 9.17) is 26.4 Å². The van der Waals surface area contributed by atoms with Gasteiger partial charge in [-0.3, -0.25) is 0 Å². The third-order valence-corrected chi connectivity index (χ3v) is 5.90. The van der Waals surface area contributed by atoms with Gasteiger partial charge < -0.3 is 14.5 Å². The summed E-state index contributed by atoms with van der Waals surface area (Å²) in [4.78, 5) is 29.2. The Morgan fingerprint density at radius 1 is 1.21 bits per heavy atom. The maximum Gasteiger partial charge on any atom is 0.410 e. The van der Waals surface area contributed by atoms with Gasteiger partial charge in [0.2, 0.25) is 5.28 Å².